The third-order valence-electron chi connectivity index (χ3n) is 2.83. The second kappa shape index (κ2) is 5.60. The van der Waals surface area contributed by atoms with Gasteiger partial charge < -0.3 is 10.6 Å². The molecule has 2 N–H and O–H groups in total. The van der Waals surface area contributed by atoms with Gasteiger partial charge in [-0.1, -0.05) is 6.07 Å². The summed E-state index contributed by atoms with van der Waals surface area (Å²) in [4.78, 5) is 11.7. The highest BCUT2D eigenvalue weighted by molar-refractivity contribution is 9.10. The summed E-state index contributed by atoms with van der Waals surface area (Å²) < 4.78 is 13.7. The van der Waals surface area contributed by atoms with Gasteiger partial charge >= 0.3 is 0 Å². The van der Waals surface area contributed by atoms with Crippen LogP contribution >= 0.6 is 15.9 Å². The van der Waals surface area contributed by atoms with Crippen LogP contribution in [0.15, 0.2) is 22.7 Å². The fourth-order valence-electron chi connectivity index (χ4n) is 1.87. The van der Waals surface area contributed by atoms with E-state index in [0.717, 1.165) is 24.9 Å². The lowest BCUT2D eigenvalue weighted by atomic mass is 10.2. The first-order chi connectivity index (χ1) is 8.16. The van der Waals surface area contributed by atoms with Gasteiger partial charge in [-0.25, -0.2) is 4.39 Å². The summed E-state index contributed by atoms with van der Waals surface area (Å²) in [5.41, 5.74) is 0.761. The lowest BCUT2D eigenvalue weighted by molar-refractivity contribution is -0.122. The first-order valence-electron chi connectivity index (χ1n) is 5.62. The molecule has 0 spiro atoms. The third-order valence-corrected chi connectivity index (χ3v) is 3.47. The van der Waals surface area contributed by atoms with E-state index < -0.39 is 0 Å². The molecule has 1 aromatic carbocycles. The van der Waals surface area contributed by atoms with Crippen LogP contribution in [0.25, 0.3) is 0 Å². The van der Waals surface area contributed by atoms with Gasteiger partial charge in [-0.2, -0.15) is 0 Å². The van der Waals surface area contributed by atoms with Gasteiger partial charge in [0, 0.05) is 6.54 Å². The molecule has 0 aromatic heterocycles. The molecule has 0 radical (unpaired) electrons. The van der Waals surface area contributed by atoms with E-state index in [1.54, 1.807) is 12.1 Å². The normalized spacial score (nSPS) is 19.3. The molecule has 0 bridgehead atoms. The lowest BCUT2D eigenvalue weighted by Crippen LogP contribution is -2.40. The van der Waals surface area contributed by atoms with E-state index in [4.69, 9.17) is 0 Å². The van der Waals surface area contributed by atoms with Crippen LogP contribution in [0, 0.1) is 5.82 Å². The van der Waals surface area contributed by atoms with E-state index in [2.05, 4.69) is 26.6 Å². The smallest absolute Gasteiger partial charge is 0.237 e. The third kappa shape index (κ3) is 3.26. The molecular formula is C12H14BrFN2O. The van der Waals surface area contributed by atoms with Crippen molar-refractivity contribution in [2.75, 3.05) is 6.54 Å². The number of hydrogen-bond donors (Lipinski definition) is 2. The minimum absolute atomic E-state index is 0.00849. The highest BCUT2D eigenvalue weighted by atomic mass is 79.9. The summed E-state index contributed by atoms with van der Waals surface area (Å²) in [6, 6.07) is 4.77. The number of carbonyl (C=O) groups is 1. The molecule has 1 saturated heterocycles. The highest BCUT2D eigenvalue weighted by Crippen LogP contribution is 2.16. The maximum absolute atomic E-state index is 13.2. The molecule has 1 unspecified atom stereocenters. The average Bonchev–Trinajstić information content (AvgIpc) is 2.84. The minimum Gasteiger partial charge on any atom is -0.351 e. The first-order valence-corrected chi connectivity index (χ1v) is 6.41. The second-order valence-electron chi connectivity index (χ2n) is 4.12. The molecule has 1 aromatic rings. The van der Waals surface area contributed by atoms with Crippen molar-refractivity contribution < 1.29 is 9.18 Å². The van der Waals surface area contributed by atoms with Crippen molar-refractivity contribution in [3.63, 3.8) is 0 Å². The van der Waals surface area contributed by atoms with Gasteiger partial charge in [-0.3, -0.25) is 4.79 Å². The predicted molar refractivity (Wildman–Crippen MR) is 67.0 cm³/mol. The quantitative estimate of drug-likeness (QED) is 0.896. The number of carbonyl (C=O) groups excluding carboxylic acids is 1. The molecule has 2 rings (SSSR count). The lowest BCUT2D eigenvalue weighted by Gasteiger charge is -2.11. The van der Waals surface area contributed by atoms with Crippen molar-refractivity contribution in [3.8, 4) is 0 Å². The number of benzene rings is 1. The summed E-state index contributed by atoms with van der Waals surface area (Å²) in [6.45, 7) is 1.26. The van der Waals surface area contributed by atoms with E-state index >= 15 is 0 Å². The Balaban J connectivity index is 1.88. The predicted octanol–water partition coefficient (Wildman–Crippen LogP) is 1.96. The Hall–Kier alpha value is -0.940. The summed E-state index contributed by atoms with van der Waals surface area (Å²) in [7, 11) is 0. The zero-order valence-electron chi connectivity index (χ0n) is 9.30. The molecule has 1 fully saturated rings. The Kier molecular flexibility index (Phi) is 4.12. The Morgan fingerprint density at radius 2 is 2.41 bits per heavy atom. The monoisotopic (exact) mass is 300 g/mol. The topological polar surface area (TPSA) is 41.1 Å². The summed E-state index contributed by atoms with van der Waals surface area (Å²) >= 11 is 3.09. The van der Waals surface area contributed by atoms with Gasteiger partial charge in [-0.15, -0.1) is 0 Å². The van der Waals surface area contributed by atoms with Crippen LogP contribution in [0.2, 0.25) is 0 Å². The Bertz CT molecular complexity index is 419. The van der Waals surface area contributed by atoms with Crippen molar-refractivity contribution in [1.29, 1.82) is 0 Å². The first kappa shape index (κ1) is 12.5. The minimum atomic E-state index is -0.309. The molecule has 1 amide bonds. The largest absolute Gasteiger partial charge is 0.351 e. The van der Waals surface area contributed by atoms with Crippen LogP contribution in [0.4, 0.5) is 4.39 Å². The number of hydrogen-bond acceptors (Lipinski definition) is 2. The van der Waals surface area contributed by atoms with Gasteiger partial charge in [0.05, 0.1) is 10.5 Å². The maximum atomic E-state index is 13.2. The van der Waals surface area contributed by atoms with Crippen molar-refractivity contribution in [3.05, 3.63) is 34.1 Å². The number of amides is 1. The average molecular weight is 301 g/mol. The number of rotatable bonds is 3. The number of nitrogens with one attached hydrogen (secondary N) is 2. The molecule has 0 aliphatic carbocycles. The van der Waals surface area contributed by atoms with Crippen molar-refractivity contribution in [1.82, 2.24) is 10.6 Å². The molecule has 3 nitrogen and oxygen atoms in total. The summed E-state index contributed by atoms with van der Waals surface area (Å²) in [5, 5.41) is 5.92. The van der Waals surface area contributed by atoms with Gasteiger partial charge in [0.1, 0.15) is 5.82 Å². The standard InChI is InChI=1S/C12H14BrFN2O/c13-9-4-3-8(6-10(9)14)7-16-12(17)11-2-1-5-15-11/h3-4,6,11,15H,1-2,5,7H2,(H,16,17). The molecule has 1 heterocycles. The molecular weight excluding hydrogens is 287 g/mol. The van der Waals surface area contributed by atoms with Gasteiger partial charge in [-0.05, 0) is 53.0 Å². The summed E-state index contributed by atoms with van der Waals surface area (Å²) in [5.74, 6) is -0.318. The summed E-state index contributed by atoms with van der Waals surface area (Å²) in [6.07, 6.45) is 1.91. The van der Waals surface area contributed by atoms with Crippen LogP contribution in [-0.2, 0) is 11.3 Å². The van der Waals surface area contributed by atoms with Crippen LogP contribution in [-0.4, -0.2) is 18.5 Å². The van der Waals surface area contributed by atoms with Gasteiger partial charge in [0.2, 0.25) is 5.91 Å². The van der Waals surface area contributed by atoms with Gasteiger partial charge in [0.15, 0.2) is 0 Å². The molecule has 1 aliphatic rings. The zero-order valence-corrected chi connectivity index (χ0v) is 10.9. The van der Waals surface area contributed by atoms with Gasteiger partial charge in [0.25, 0.3) is 0 Å². The highest BCUT2D eigenvalue weighted by Gasteiger charge is 2.21. The van der Waals surface area contributed by atoms with Crippen molar-refractivity contribution in [2.24, 2.45) is 0 Å². The zero-order chi connectivity index (χ0) is 12.3. The van der Waals surface area contributed by atoms with Crippen LogP contribution in [0.1, 0.15) is 18.4 Å². The van der Waals surface area contributed by atoms with Crippen LogP contribution < -0.4 is 10.6 Å². The molecule has 5 heteroatoms. The Labute approximate surface area is 108 Å². The molecule has 0 saturated carbocycles. The van der Waals surface area contributed by atoms with E-state index in [0.29, 0.717) is 11.0 Å². The Morgan fingerprint density at radius 3 is 3.06 bits per heavy atom. The van der Waals surface area contributed by atoms with E-state index in [1.807, 2.05) is 0 Å². The fraction of sp³-hybridized carbons (Fsp3) is 0.417. The number of halogens is 2. The molecule has 1 atom stereocenters. The maximum Gasteiger partial charge on any atom is 0.237 e. The van der Waals surface area contributed by atoms with Crippen LogP contribution in [0.3, 0.4) is 0 Å². The Morgan fingerprint density at radius 1 is 1.59 bits per heavy atom. The fourth-order valence-corrected chi connectivity index (χ4v) is 2.12. The molecule has 17 heavy (non-hydrogen) atoms. The van der Waals surface area contributed by atoms with E-state index in [-0.39, 0.29) is 17.8 Å². The van der Waals surface area contributed by atoms with E-state index in [1.165, 1.54) is 6.07 Å². The van der Waals surface area contributed by atoms with Crippen LogP contribution in [0.5, 0.6) is 0 Å². The SMILES string of the molecule is O=C(NCc1ccc(Br)c(F)c1)C1CCCN1. The second-order valence-corrected chi connectivity index (χ2v) is 4.97. The van der Waals surface area contributed by atoms with Crippen molar-refractivity contribution in [2.45, 2.75) is 25.4 Å². The van der Waals surface area contributed by atoms with Crippen molar-refractivity contribution >= 4 is 21.8 Å². The molecule has 92 valence electrons. The van der Waals surface area contributed by atoms with E-state index in [9.17, 15) is 9.18 Å². The molecule has 1 aliphatic heterocycles.